The van der Waals surface area contributed by atoms with Crippen molar-refractivity contribution in [2.24, 2.45) is 5.92 Å². The Hall–Kier alpha value is -3.44. The Bertz CT molecular complexity index is 1690. The van der Waals surface area contributed by atoms with Gasteiger partial charge in [-0.05, 0) is 42.3 Å². The lowest BCUT2D eigenvalue weighted by Crippen LogP contribution is -2.51. The van der Waals surface area contributed by atoms with Crippen LogP contribution in [0.1, 0.15) is 22.3 Å². The fourth-order valence-corrected chi connectivity index (χ4v) is 7.37. The lowest BCUT2D eigenvalue weighted by atomic mass is 10.0. The number of rotatable bonds is 9. The molecular formula is C27H21Cl4N5O6S. The number of aliphatic carboxylic acids is 1. The van der Waals surface area contributed by atoms with E-state index >= 15 is 0 Å². The predicted octanol–water partition coefficient (Wildman–Crippen LogP) is 4.66. The van der Waals surface area contributed by atoms with Crippen molar-refractivity contribution in [2.45, 2.75) is 29.8 Å². The van der Waals surface area contributed by atoms with Crippen molar-refractivity contribution in [1.29, 1.82) is 5.26 Å². The Morgan fingerprint density at radius 2 is 1.65 bits per heavy atom. The first-order valence-electron chi connectivity index (χ1n) is 12.4. The van der Waals surface area contributed by atoms with Gasteiger partial charge in [0, 0.05) is 41.1 Å². The predicted molar refractivity (Wildman–Crippen MR) is 160 cm³/mol. The van der Waals surface area contributed by atoms with Gasteiger partial charge in [-0.2, -0.15) is 9.57 Å². The summed E-state index contributed by atoms with van der Waals surface area (Å²) in [5.41, 5.74) is 0.894. The summed E-state index contributed by atoms with van der Waals surface area (Å²) in [5.74, 6) is -3.62. The number of hydrogen-bond acceptors (Lipinski definition) is 7. The highest BCUT2D eigenvalue weighted by molar-refractivity contribution is 7.89. The van der Waals surface area contributed by atoms with E-state index in [4.69, 9.17) is 46.4 Å². The van der Waals surface area contributed by atoms with Crippen LogP contribution in [0, 0.1) is 17.2 Å². The molecule has 1 aliphatic heterocycles. The molecule has 16 heteroatoms. The van der Waals surface area contributed by atoms with Crippen LogP contribution in [0.4, 0.5) is 5.69 Å². The van der Waals surface area contributed by atoms with Gasteiger partial charge < -0.3 is 15.7 Å². The SMILES string of the molecule is N#C[C@@H]1CC(C(=O)N[C@@H](Cc2ccc(NC(=O)c3c(Cl)cncc3Cl)cc2)C(=O)O)N(S(=O)(=O)c2cc(Cl)cc(Cl)c2)C1. The quantitative estimate of drug-likeness (QED) is 0.292. The van der Waals surface area contributed by atoms with E-state index in [0.29, 0.717) is 11.3 Å². The molecule has 1 unspecified atom stereocenters. The average Bonchev–Trinajstić information content (AvgIpc) is 3.39. The lowest BCUT2D eigenvalue weighted by Gasteiger charge is -2.25. The zero-order chi connectivity index (χ0) is 31.5. The van der Waals surface area contributed by atoms with Crippen molar-refractivity contribution in [3.05, 3.63) is 86.1 Å². The van der Waals surface area contributed by atoms with Gasteiger partial charge in [-0.25, -0.2) is 13.2 Å². The Labute approximate surface area is 266 Å². The molecule has 3 aromatic rings. The number of nitriles is 1. The Kier molecular flexibility index (Phi) is 10.2. The molecule has 0 bridgehead atoms. The largest absolute Gasteiger partial charge is 0.480 e. The van der Waals surface area contributed by atoms with Gasteiger partial charge in [0.05, 0.1) is 32.5 Å². The van der Waals surface area contributed by atoms with E-state index in [0.717, 1.165) is 4.31 Å². The van der Waals surface area contributed by atoms with Crippen LogP contribution in [0.25, 0.3) is 0 Å². The minimum absolute atomic E-state index is 0.0381. The van der Waals surface area contributed by atoms with E-state index in [-0.39, 0.29) is 49.9 Å². The van der Waals surface area contributed by atoms with Gasteiger partial charge in [0.15, 0.2) is 0 Å². The van der Waals surface area contributed by atoms with Gasteiger partial charge in [-0.15, -0.1) is 0 Å². The highest BCUT2D eigenvalue weighted by Crippen LogP contribution is 2.32. The molecule has 2 amide bonds. The Morgan fingerprint density at radius 1 is 1.05 bits per heavy atom. The first kappa shape index (κ1) is 32.5. The molecule has 0 spiro atoms. The third kappa shape index (κ3) is 7.56. The van der Waals surface area contributed by atoms with Crippen LogP contribution in [0.15, 0.2) is 59.8 Å². The molecular weight excluding hydrogens is 664 g/mol. The smallest absolute Gasteiger partial charge is 0.326 e. The topological polar surface area (TPSA) is 170 Å². The van der Waals surface area contributed by atoms with Crippen LogP contribution in [0.5, 0.6) is 0 Å². The number of pyridine rings is 1. The number of nitrogens with zero attached hydrogens (tertiary/aromatic N) is 3. The summed E-state index contributed by atoms with van der Waals surface area (Å²) in [7, 11) is -4.33. The number of carboxylic acids is 1. The first-order chi connectivity index (χ1) is 20.3. The summed E-state index contributed by atoms with van der Waals surface area (Å²) in [5, 5.41) is 24.6. The monoisotopic (exact) mass is 683 g/mol. The number of carbonyl (C=O) groups excluding carboxylic acids is 2. The maximum Gasteiger partial charge on any atom is 0.326 e. The van der Waals surface area contributed by atoms with Gasteiger partial charge >= 0.3 is 5.97 Å². The minimum Gasteiger partial charge on any atom is -0.480 e. The standard InChI is InChI=1S/C27H21Cl4N5O6S/c28-16-7-17(29)9-19(8-16)43(41,42)36-13-15(10-32)6-23(36)25(37)35-22(27(39)40)5-14-1-3-18(4-2-14)34-26(38)24-20(30)11-33-12-21(24)31/h1-4,7-9,11-12,15,22-23H,5-6,13H2,(H,34,38)(H,35,37)(H,39,40)/t15-,22-,23?/m0/s1. The van der Waals surface area contributed by atoms with Gasteiger partial charge in [-0.3, -0.25) is 14.6 Å². The van der Waals surface area contributed by atoms with Gasteiger partial charge in [0.1, 0.15) is 12.1 Å². The number of halogens is 4. The summed E-state index contributed by atoms with van der Waals surface area (Å²) in [4.78, 5) is 41.5. The third-order valence-electron chi connectivity index (χ3n) is 6.53. The van der Waals surface area contributed by atoms with Crippen LogP contribution in [-0.2, 0) is 26.0 Å². The zero-order valence-electron chi connectivity index (χ0n) is 21.8. The molecule has 3 atom stereocenters. The molecule has 1 fully saturated rings. The van der Waals surface area contributed by atoms with Crippen LogP contribution in [0.2, 0.25) is 20.1 Å². The summed E-state index contributed by atoms with van der Waals surface area (Å²) in [6.07, 6.45) is 2.25. The van der Waals surface area contributed by atoms with E-state index in [1.165, 1.54) is 42.7 Å². The van der Waals surface area contributed by atoms with Crippen molar-refractivity contribution in [2.75, 3.05) is 11.9 Å². The lowest BCUT2D eigenvalue weighted by molar-refractivity contribution is -0.142. The number of aromatic nitrogens is 1. The normalized spacial score (nSPS) is 17.6. The number of sulfonamides is 1. The summed E-state index contributed by atoms with van der Waals surface area (Å²) < 4.78 is 27.7. The zero-order valence-corrected chi connectivity index (χ0v) is 25.6. The van der Waals surface area contributed by atoms with E-state index in [1.54, 1.807) is 12.1 Å². The van der Waals surface area contributed by atoms with Crippen molar-refractivity contribution in [1.82, 2.24) is 14.6 Å². The van der Waals surface area contributed by atoms with Crippen molar-refractivity contribution in [3.8, 4) is 6.07 Å². The maximum absolute atomic E-state index is 13.4. The second-order valence-corrected chi connectivity index (χ2v) is 13.1. The van der Waals surface area contributed by atoms with Crippen LogP contribution >= 0.6 is 46.4 Å². The number of benzene rings is 2. The molecule has 1 saturated heterocycles. The number of carbonyl (C=O) groups is 3. The van der Waals surface area contributed by atoms with E-state index in [9.17, 15) is 33.2 Å². The molecule has 2 aromatic carbocycles. The van der Waals surface area contributed by atoms with Crippen LogP contribution < -0.4 is 10.6 Å². The first-order valence-corrected chi connectivity index (χ1v) is 15.4. The minimum atomic E-state index is -4.33. The van der Waals surface area contributed by atoms with E-state index in [1.807, 2.05) is 6.07 Å². The van der Waals surface area contributed by atoms with Crippen molar-refractivity contribution >= 4 is 79.9 Å². The number of amides is 2. The van der Waals surface area contributed by atoms with Crippen LogP contribution in [-0.4, -0.2) is 59.2 Å². The molecule has 43 heavy (non-hydrogen) atoms. The summed E-state index contributed by atoms with van der Waals surface area (Å²) >= 11 is 24.0. The number of carboxylic acid groups (broad SMARTS) is 1. The Morgan fingerprint density at radius 3 is 2.21 bits per heavy atom. The molecule has 3 N–H and O–H groups in total. The van der Waals surface area contributed by atoms with Gasteiger partial charge in [0.25, 0.3) is 5.91 Å². The number of anilines is 1. The Balaban J connectivity index is 1.48. The van der Waals surface area contributed by atoms with Crippen molar-refractivity contribution < 1.29 is 27.9 Å². The van der Waals surface area contributed by atoms with Gasteiger partial charge in [0.2, 0.25) is 15.9 Å². The van der Waals surface area contributed by atoms with Crippen molar-refractivity contribution in [3.63, 3.8) is 0 Å². The van der Waals surface area contributed by atoms with Crippen LogP contribution in [0.3, 0.4) is 0 Å². The maximum atomic E-state index is 13.4. The molecule has 224 valence electrons. The fourth-order valence-electron chi connectivity index (χ4n) is 4.47. The van der Waals surface area contributed by atoms with Gasteiger partial charge in [-0.1, -0.05) is 58.5 Å². The summed E-state index contributed by atoms with van der Waals surface area (Å²) in [6.45, 7) is -0.276. The third-order valence-corrected chi connectivity index (χ3v) is 9.39. The molecule has 2 heterocycles. The summed E-state index contributed by atoms with van der Waals surface area (Å²) in [6, 6.07) is 9.02. The molecule has 4 rings (SSSR count). The highest BCUT2D eigenvalue weighted by atomic mass is 35.5. The van der Waals surface area contributed by atoms with E-state index in [2.05, 4.69) is 15.6 Å². The second kappa shape index (κ2) is 13.5. The van der Waals surface area contributed by atoms with E-state index < -0.39 is 45.8 Å². The fraction of sp³-hybridized carbons (Fsp3) is 0.222. The second-order valence-electron chi connectivity index (χ2n) is 9.49. The average molecular weight is 685 g/mol. The molecule has 11 nitrogen and oxygen atoms in total. The molecule has 0 radical (unpaired) electrons. The number of hydrogen-bond donors (Lipinski definition) is 3. The molecule has 1 aromatic heterocycles. The number of nitrogens with one attached hydrogen (secondary N) is 2. The molecule has 0 saturated carbocycles. The molecule has 0 aliphatic carbocycles. The molecule has 1 aliphatic rings. The highest BCUT2D eigenvalue weighted by Gasteiger charge is 2.45.